The Hall–Kier alpha value is -1.59. The summed E-state index contributed by atoms with van der Waals surface area (Å²) in [6, 6.07) is 4.38. The number of hydrogen-bond acceptors (Lipinski definition) is 3. The molecule has 3 rings (SSSR count). The molecule has 0 bridgehead atoms. The van der Waals surface area contributed by atoms with E-state index in [0.717, 1.165) is 16.2 Å². The number of rotatable bonds is 3. The minimum atomic E-state index is -0.284. The first-order chi connectivity index (χ1) is 9.19. The third-order valence-corrected chi connectivity index (χ3v) is 3.80. The molecule has 2 aromatic heterocycles. The summed E-state index contributed by atoms with van der Waals surface area (Å²) in [5, 5.41) is 1.94. The Balaban J connectivity index is 2.02. The van der Waals surface area contributed by atoms with Gasteiger partial charge in [0.05, 0.1) is 5.88 Å². The molecule has 0 aliphatic carbocycles. The van der Waals surface area contributed by atoms with Crippen LogP contribution in [-0.4, -0.2) is 9.38 Å². The van der Waals surface area contributed by atoms with Gasteiger partial charge in [0.2, 0.25) is 5.88 Å². The van der Waals surface area contributed by atoms with Gasteiger partial charge in [-0.15, -0.1) is 22.9 Å². The third-order valence-electron chi connectivity index (χ3n) is 2.79. The molecule has 3 aromatic rings. The van der Waals surface area contributed by atoms with E-state index in [2.05, 4.69) is 4.98 Å². The summed E-state index contributed by atoms with van der Waals surface area (Å²) in [7, 11) is 0. The Labute approximate surface area is 118 Å². The number of ether oxygens (including phenoxy) is 1. The van der Waals surface area contributed by atoms with Crippen molar-refractivity contribution >= 4 is 27.9 Å². The molecule has 6 heteroatoms. The minimum absolute atomic E-state index is 0.284. The fourth-order valence-corrected chi connectivity index (χ4v) is 2.82. The standard InChI is InChI=1S/C13H10ClFN2OS/c1-8-6-9(15)2-3-11(8)18-12-10(7-14)17-4-5-19-13(17)16-12/h2-6H,7H2,1H3. The topological polar surface area (TPSA) is 26.5 Å². The zero-order valence-electron chi connectivity index (χ0n) is 10.1. The molecule has 0 fully saturated rings. The van der Waals surface area contributed by atoms with E-state index in [9.17, 15) is 4.39 Å². The number of nitrogens with zero attached hydrogens (tertiary/aromatic N) is 2. The van der Waals surface area contributed by atoms with Gasteiger partial charge in [-0.3, -0.25) is 4.40 Å². The van der Waals surface area contributed by atoms with Gasteiger partial charge < -0.3 is 4.74 Å². The summed E-state index contributed by atoms with van der Waals surface area (Å²) < 4.78 is 20.7. The molecule has 0 saturated heterocycles. The summed E-state index contributed by atoms with van der Waals surface area (Å²) in [6.45, 7) is 1.79. The van der Waals surface area contributed by atoms with Crippen molar-refractivity contribution in [3.05, 3.63) is 46.9 Å². The lowest BCUT2D eigenvalue weighted by molar-refractivity contribution is 0.456. The third kappa shape index (κ3) is 2.19. The quantitative estimate of drug-likeness (QED) is 0.671. The molecule has 98 valence electrons. The highest BCUT2D eigenvalue weighted by molar-refractivity contribution is 7.15. The normalized spacial score (nSPS) is 11.1. The van der Waals surface area contributed by atoms with Crippen molar-refractivity contribution in [1.29, 1.82) is 0 Å². The van der Waals surface area contributed by atoms with Crippen molar-refractivity contribution in [2.75, 3.05) is 0 Å². The molecule has 0 aliphatic heterocycles. The second-order valence-electron chi connectivity index (χ2n) is 4.06. The Bertz CT molecular complexity index is 737. The van der Waals surface area contributed by atoms with Crippen LogP contribution in [0.25, 0.3) is 4.96 Å². The number of thiazole rings is 1. The molecule has 0 spiro atoms. The van der Waals surface area contributed by atoms with E-state index in [1.54, 1.807) is 13.0 Å². The predicted molar refractivity (Wildman–Crippen MR) is 73.8 cm³/mol. The summed E-state index contributed by atoms with van der Waals surface area (Å²) >= 11 is 7.45. The number of hydrogen-bond donors (Lipinski definition) is 0. The lowest BCUT2D eigenvalue weighted by Crippen LogP contribution is -1.93. The molecule has 19 heavy (non-hydrogen) atoms. The van der Waals surface area contributed by atoms with Crippen molar-refractivity contribution in [2.24, 2.45) is 0 Å². The number of benzene rings is 1. The van der Waals surface area contributed by atoms with Gasteiger partial charge in [-0.05, 0) is 30.7 Å². The molecule has 0 saturated carbocycles. The zero-order valence-corrected chi connectivity index (χ0v) is 11.6. The predicted octanol–water partition coefficient (Wildman–Crippen LogP) is 4.37. The van der Waals surface area contributed by atoms with E-state index >= 15 is 0 Å². The largest absolute Gasteiger partial charge is 0.437 e. The molecular formula is C13H10ClFN2OS. The molecule has 0 N–H and O–H groups in total. The number of fused-ring (bicyclic) bond motifs is 1. The van der Waals surface area contributed by atoms with Crippen LogP contribution in [-0.2, 0) is 5.88 Å². The first-order valence-corrected chi connectivity index (χ1v) is 7.05. The summed E-state index contributed by atoms with van der Waals surface area (Å²) in [6.07, 6.45) is 1.90. The SMILES string of the molecule is Cc1cc(F)ccc1Oc1nc2sccn2c1CCl. The van der Waals surface area contributed by atoms with Gasteiger partial charge in [-0.2, -0.15) is 4.98 Å². The van der Waals surface area contributed by atoms with Crippen LogP contribution >= 0.6 is 22.9 Å². The lowest BCUT2D eigenvalue weighted by atomic mass is 10.2. The van der Waals surface area contributed by atoms with E-state index in [-0.39, 0.29) is 5.82 Å². The summed E-state index contributed by atoms with van der Waals surface area (Å²) in [5.41, 5.74) is 1.51. The van der Waals surface area contributed by atoms with E-state index in [4.69, 9.17) is 16.3 Å². The van der Waals surface area contributed by atoms with Gasteiger partial charge in [-0.25, -0.2) is 4.39 Å². The Morgan fingerprint density at radius 3 is 3.05 bits per heavy atom. The molecule has 3 nitrogen and oxygen atoms in total. The maximum Gasteiger partial charge on any atom is 0.243 e. The van der Waals surface area contributed by atoms with Crippen LogP contribution in [0.1, 0.15) is 11.3 Å². The Morgan fingerprint density at radius 1 is 1.47 bits per heavy atom. The smallest absolute Gasteiger partial charge is 0.243 e. The number of halogens is 2. The number of aryl methyl sites for hydroxylation is 1. The second kappa shape index (κ2) is 4.83. The van der Waals surface area contributed by atoms with E-state index in [1.807, 2.05) is 16.0 Å². The number of imidazole rings is 1. The first-order valence-electron chi connectivity index (χ1n) is 5.63. The number of aromatic nitrogens is 2. The molecule has 0 unspecified atom stereocenters. The minimum Gasteiger partial charge on any atom is -0.437 e. The van der Waals surface area contributed by atoms with Gasteiger partial charge in [0, 0.05) is 11.6 Å². The molecule has 0 radical (unpaired) electrons. The fraction of sp³-hybridized carbons (Fsp3) is 0.154. The molecule has 0 atom stereocenters. The van der Waals surface area contributed by atoms with Crippen molar-refractivity contribution in [2.45, 2.75) is 12.8 Å². The van der Waals surface area contributed by atoms with Crippen LogP contribution in [0, 0.1) is 12.7 Å². The molecule has 0 amide bonds. The van der Waals surface area contributed by atoms with Gasteiger partial charge in [0.15, 0.2) is 4.96 Å². The van der Waals surface area contributed by atoms with Crippen molar-refractivity contribution < 1.29 is 9.13 Å². The lowest BCUT2D eigenvalue weighted by Gasteiger charge is -2.07. The number of alkyl halides is 1. The fourth-order valence-electron chi connectivity index (χ4n) is 1.85. The highest BCUT2D eigenvalue weighted by atomic mass is 35.5. The van der Waals surface area contributed by atoms with Crippen molar-refractivity contribution in [3.63, 3.8) is 0 Å². The van der Waals surface area contributed by atoms with Crippen LogP contribution in [0.4, 0.5) is 4.39 Å². The van der Waals surface area contributed by atoms with E-state index in [0.29, 0.717) is 17.5 Å². The van der Waals surface area contributed by atoms with E-state index in [1.165, 1.54) is 23.5 Å². The summed E-state index contributed by atoms with van der Waals surface area (Å²) in [5.74, 6) is 1.07. The van der Waals surface area contributed by atoms with Gasteiger partial charge in [0.25, 0.3) is 0 Å². The van der Waals surface area contributed by atoms with Gasteiger partial charge in [-0.1, -0.05) is 0 Å². The van der Waals surface area contributed by atoms with Crippen LogP contribution < -0.4 is 4.74 Å². The van der Waals surface area contributed by atoms with Crippen LogP contribution in [0.5, 0.6) is 11.6 Å². The average Bonchev–Trinajstić information content (AvgIpc) is 2.92. The van der Waals surface area contributed by atoms with Crippen LogP contribution in [0.3, 0.4) is 0 Å². The Kier molecular flexibility index (Phi) is 3.16. The van der Waals surface area contributed by atoms with Crippen LogP contribution in [0.2, 0.25) is 0 Å². The molecule has 0 aliphatic rings. The first kappa shape index (κ1) is 12.4. The van der Waals surface area contributed by atoms with Crippen LogP contribution in [0.15, 0.2) is 29.8 Å². The molecule has 2 heterocycles. The van der Waals surface area contributed by atoms with Gasteiger partial charge in [0.1, 0.15) is 17.3 Å². The zero-order chi connectivity index (χ0) is 13.4. The monoisotopic (exact) mass is 296 g/mol. The summed E-state index contributed by atoms with van der Waals surface area (Å²) in [4.78, 5) is 5.21. The van der Waals surface area contributed by atoms with Crippen molar-refractivity contribution in [1.82, 2.24) is 9.38 Å². The maximum atomic E-state index is 13.1. The highest BCUT2D eigenvalue weighted by Crippen LogP contribution is 2.30. The van der Waals surface area contributed by atoms with E-state index < -0.39 is 0 Å². The molecular weight excluding hydrogens is 287 g/mol. The Morgan fingerprint density at radius 2 is 2.32 bits per heavy atom. The highest BCUT2D eigenvalue weighted by Gasteiger charge is 2.15. The average molecular weight is 297 g/mol. The van der Waals surface area contributed by atoms with Crippen molar-refractivity contribution in [3.8, 4) is 11.6 Å². The van der Waals surface area contributed by atoms with Gasteiger partial charge >= 0.3 is 0 Å². The molecule has 1 aromatic carbocycles. The maximum absolute atomic E-state index is 13.1. The second-order valence-corrected chi connectivity index (χ2v) is 5.21.